The third kappa shape index (κ3) is 5.85. The number of anilines is 2. The fraction of sp³-hybridized carbons (Fsp3) is 0.370. The van der Waals surface area contributed by atoms with Gasteiger partial charge in [-0.2, -0.15) is 9.78 Å². The highest BCUT2D eigenvalue weighted by Gasteiger charge is 2.18. The Balaban J connectivity index is 0.000000214. The molecule has 0 saturated carbocycles. The van der Waals surface area contributed by atoms with Crippen molar-refractivity contribution in [3.63, 3.8) is 0 Å². The van der Waals surface area contributed by atoms with Crippen LogP contribution in [-0.4, -0.2) is 52.1 Å². The summed E-state index contributed by atoms with van der Waals surface area (Å²) in [5, 5.41) is 7.15. The average Bonchev–Trinajstić information content (AvgIpc) is 3.62. The number of aromatic nitrogens is 4. The second-order valence-electron chi connectivity index (χ2n) is 9.76. The Bertz CT molecular complexity index is 1300. The number of carbonyl (C=O) groups is 1. The molecule has 2 aromatic carbocycles. The molecular formula is C27H34N6O3. The Labute approximate surface area is 211 Å². The van der Waals surface area contributed by atoms with Crippen LogP contribution in [-0.2, 0) is 14.9 Å². The van der Waals surface area contributed by atoms with Crippen molar-refractivity contribution in [1.29, 1.82) is 0 Å². The zero-order valence-electron chi connectivity index (χ0n) is 21.3. The third-order valence-electron chi connectivity index (χ3n) is 6.05. The number of ether oxygens (including phenoxy) is 2. The highest BCUT2D eigenvalue weighted by molar-refractivity contribution is 5.79. The molecule has 4 aromatic rings. The van der Waals surface area contributed by atoms with E-state index >= 15 is 0 Å². The van der Waals surface area contributed by atoms with Crippen molar-refractivity contribution >= 4 is 28.9 Å². The highest BCUT2D eigenvalue weighted by Crippen LogP contribution is 2.25. The van der Waals surface area contributed by atoms with Crippen molar-refractivity contribution in [2.24, 2.45) is 0 Å². The molecule has 9 heteroatoms. The van der Waals surface area contributed by atoms with E-state index in [9.17, 15) is 4.79 Å². The van der Waals surface area contributed by atoms with Crippen LogP contribution in [0.4, 0.5) is 11.5 Å². The normalized spacial score (nSPS) is 15.4. The lowest BCUT2D eigenvalue weighted by atomic mass is 9.92. The van der Waals surface area contributed by atoms with Crippen molar-refractivity contribution in [2.45, 2.75) is 45.1 Å². The summed E-state index contributed by atoms with van der Waals surface area (Å²) in [7, 11) is 1.92. The minimum atomic E-state index is -0.0671. The molecule has 0 bridgehead atoms. The molecule has 0 spiro atoms. The van der Waals surface area contributed by atoms with Crippen LogP contribution < -0.4 is 15.8 Å². The predicted molar refractivity (Wildman–Crippen MR) is 143 cm³/mol. The van der Waals surface area contributed by atoms with Gasteiger partial charge in [-0.25, -0.2) is 4.98 Å². The summed E-state index contributed by atoms with van der Waals surface area (Å²) in [4.78, 5) is 14.9. The van der Waals surface area contributed by atoms with E-state index in [1.165, 1.54) is 0 Å². The topological polar surface area (TPSA) is 109 Å². The summed E-state index contributed by atoms with van der Waals surface area (Å²) in [6.45, 7) is 7.51. The molecule has 9 nitrogen and oxygen atoms in total. The van der Waals surface area contributed by atoms with Crippen molar-refractivity contribution in [2.75, 3.05) is 31.3 Å². The van der Waals surface area contributed by atoms with E-state index in [4.69, 9.17) is 15.2 Å². The first-order chi connectivity index (χ1) is 17.3. The van der Waals surface area contributed by atoms with Crippen LogP contribution >= 0.6 is 0 Å². The molecule has 36 heavy (non-hydrogen) atoms. The highest BCUT2D eigenvalue weighted by atomic mass is 16.5. The molecule has 0 amide bonds. The van der Waals surface area contributed by atoms with Gasteiger partial charge in [-0.3, -0.25) is 9.36 Å². The third-order valence-corrected chi connectivity index (χ3v) is 6.05. The van der Waals surface area contributed by atoms with Gasteiger partial charge < -0.3 is 20.5 Å². The van der Waals surface area contributed by atoms with Crippen LogP contribution in [0.25, 0.3) is 16.7 Å². The first-order valence-corrected chi connectivity index (χ1v) is 12.1. The molecule has 190 valence electrons. The number of carbonyl (C=O) groups excluding carboxylic acids is 1. The van der Waals surface area contributed by atoms with Gasteiger partial charge in [0.05, 0.1) is 22.8 Å². The van der Waals surface area contributed by atoms with Crippen LogP contribution in [0.3, 0.4) is 0 Å². The number of nitrogens with zero attached hydrogens (tertiary/aromatic N) is 4. The van der Waals surface area contributed by atoms with Gasteiger partial charge in [-0.1, -0.05) is 20.8 Å². The van der Waals surface area contributed by atoms with E-state index in [0.29, 0.717) is 18.8 Å². The molecule has 1 atom stereocenters. The first kappa shape index (κ1) is 25.2. The van der Waals surface area contributed by atoms with Gasteiger partial charge >= 0.3 is 0 Å². The maximum absolute atomic E-state index is 10.4. The number of fused-ring (bicyclic) bond motifs is 1. The van der Waals surface area contributed by atoms with Crippen LogP contribution in [0.5, 0.6) is 5.75 Å². The second kappa shape index (κ2) is 10.8. The summed E-state index contributed by atoms with van der Waals surface area (Å²) < 4.78 is 14.7. The van der Waals surface area contributed by atoms with Crippen LogP contribution in [0.2, 0.25) is 0 Å². The number of benzene rings is 2. The van der Waals surface area contributed by atoms with Crippen LogP contribution in [0, 0.1) is 0 Å². The van der Waals surface area contributed by atoms with Crippen molar-refractivity contribution in [3.8, 4) is 11.4 Å². The number of rotatable bonds is 6. The van der Waals surface area contributed by atoms with Gasteiger partial charge in [0.15, 0.2) is 0 Å². The Morgan fingerprint density at radius 3 is 2.56 bits per heavy atom. The molecule has 0 aliphatic carbocycles. The maximum Gasteiger partial charge on any atom is 0.235 e. The zero-order valence-corrected chi connectivity index (χ0v) is 21.3. The summed E-state index contributed by atoms with van der Waals surface area (Å²) in [5.74, 6) is 1.23. The summed E-state index contributed by atoms with van der Waals surface area (Å²) in [6, 6.07) is 16.0. The van der Waals surface area contributed by atoms with Crippen molar-refractivity contribution < 1.29 is 14.3 Å². The lowest BCUT2D eigenvalue weighted by Crippen LogP contribution is -2.16. The molecule has 1 unspecified atom stereocenters. The van der Waals surface area contributed by atoms with Crippen LogP contribution in [0.15, 0.2) is 54.9 Å². The quantitative estimate of drug-likeness (QED) is 0.385. The summed E-state index contributed by atoms with van der Waals surface area (Å²) >= 11 is 0. The number of nitrogen functional groups attached to an aromatic ring is 1. The lowest BCUT2D eigenvalue weighted by Gasteiger charge is -2.13. The molecule has 1 aliphatic heterocycles. The fourth-order valence-electron chi connectivity index (χ4n) is 3.90. The minimum absolute atomic E-state index is 0.0671. The molecule has 0 radical (unpaired) electrons. The summed E-state index contributed by atoms with van der Waals surface area (Å²) in [5.41, 5.74) is 10.4. The molecular weight excluding hydrogens is 456 g/mol. The number of imidazole rings is 1. The predicted octanol–water partition coefficient (Wildman–Crippen LogP) is 4.43. The Hall–Kier alpha value is -3.85. The fourth-order valence-corrected chi connectivity index (χ4v) is 3.90. The number of nitrogens with two attached hydrogens (primary N) is 1. The first-order valence-electron chi connectivity index (χ1n) is 12.1. The molecule has 1 aliphatic rings. The number of hydrogen-bond acceptors (Lipinski definition) is 7. The smallest absolute Gasteiger partial charge is 0.235 e. The van der Waals surface area contributed by atoms with Gasteiger partial charge in [0.2, 0.25) is 6.41 Å². The lowest BCUT2D eigenvalue weighted by molar-refractivity contribution is 0.0680. The molecule has 3 heterocycles. The van der Waals surface area contributed by atoms with E-state index < -0.39 is 0 Å². The Morgan fingerprint density at radius 2 is 1.97 bits per heavy atom. The van der Waals surface area contributed by atoms with Gasteiger partial charge in [0.1, 0.15) is 24.5 Å². The molecule has 2 aromatic heterocycles. The standard InChI is InChI=1S/C19H21N3O2.C8H13N3O/c1-20-14-4-6-15(7-5-14)22-13-21-18-11-16(8-9-19(18)22)24-12-17-3-2-10-23-17;1-8(2,3)6-4-7(9)11(5-12)10-6/h4-9,11,13,17,20H,2-3,10,12H2,1H3;4-5H,9H2,1-3H3. The van der Waals surface area contributed by atoms with Crippen LogP contribution in [0.1, 0.15) is 39.3 Å². The van der Waals surface area contributed by atoms with Gasteiger partial charge in [-0.05, 0) is 49.2 Å². The molecule has 5 rings (SSSR count). The molecule has 3 N–H and O–H groups in total. The minimum Gasteiger partial charge on any atom is -0.491 e. The van der Waals surface area contributed by atoms with Gasteiger partial charge in [0, 0.05) is 42.6 Å². The van der Waals surface area contributed by atoms with Crippen molar-refractivity contribution in [1.82, 2.24) is 19.3 Å². The van der Waals surface area contributed by atoms with Gasteiger partial charge in [-0.15, -0.1) is 0 Å². The average molecular weight is 491 g/mol. The van der Waals surface area contributed by atoms with E-state index in [0.717, 1.165) is 58.0 Å². The number of hydrogen-bond donors (Lipinski definition) is 2. The van der Waals surface area contributed by atoms with Gasteiger partial charge in [0.25, 0.3) is 0 Å². The Kier molecular flexibility index (Phi) is 7.59. The largest absolute Gasteiger partial charge is 0.491 e. The summed E-state index contributed by atoms with van der Waals surface area (Å²) in [6.07, 6.45) is 4.89. The van der Waals surface area contributed by atoms with Crippen molar-refractivity contribution in [3.05, 3.63) is 60.6 Å². The maximum atomic E-state index is 10.4. The SMILES string of the molecule is CC(C)(C)c1cc(N)n(C=O)n1.CNc1ccc(-n2cnc3cc(OCC4CCCO4)ccc32)cc1. The molecule has 1 saturated heterocycles. The second-order valence-corrected chi connectivity index (χ2v) is 9.76. The molecule has 1 fully saturated rings. The monoisotopic (exact) mass is 490 g/mol. The Morgan fingerprint density at radius 1 is 1.19 bits per heavy atom. The van der Waals surface area contributed by atoms with E-state index in [-0.39, 0.29) is 11.5 Å². The number of nitrogens with one attached hydrogen (secondary N) is 1. The van der Waals surface area contributed by atoms with E-state index in [1.54, 1.807) is 6.07 Å². The van der Waals surface area contributed by atoms with E-state index in [2.05, 4.69) is 50.3 Å². The zero-order chi connectivity index (χ0) is 25.7. The van der Waals surface area contributed by atoms with E-state index in [1.807, 2.05) is 46.3 Å².